The summed E-state index contributed by atoms with van der Waals surface area (Å²) < 4.78 is 58.3. The Kier molecular flexibility index (Phi) is 6.30. The van der Waals surface area contributed by atoms with Gasteiger partial charge in [0.2, 0.25) is 0 Å². The highest BCUT2D eigenvalue weighted by molar-refractivity contribution is 5.78. The van der Waals surface area contributed by atoms with Crippen LogP contribution in [0.25, 0.3) is 11.1 Å². The molecule has 0 amide bonds. The van der Waals surface area contributed by atoms with Crippen LogP contribution in [0, 0.1) is 0 Å². The van der Waals surface area contributed by atoms with Gasteiger partial charge in [0.05, 0.1) is 48.4 Å². The Labute approximate surface area is 199 Å². The van der Waals surface area contributed by atoms with Gasteiger partial charge in [-0.3, -0.25) is 24.2 Å². The molecule has 0 aliphatic carbocycles. The third-order valence-corrected chi connectivity index (χ3v) is 6.78. The van der Waals surface area contributed by atoms with E-state index in [1.807, 2.05) is 6.07 Å². The van der Waals surface area contributed by atoms with E-state index in [2.05, 4.69) is 20.2 Å². The second-order valence-electron chi connectivity index (χ2n) is 9.38. The number of rotatable bonds is 7. The second-order valence-corrected chi connectivity index (χ2v) is 9.38. The molecule has 2 aliphatic rings. The molecule has 35 heavy (non-hydrogen) atoms. The molecule has 1 saturated heterocycles. The first-order valence-electron chi connectivity index (χ1n) is 11.7. The molecule has 0 bridgehead atoms. The fraction of sp³-hybridized carbons (Fsp3) is 0.500. The normalized spacial score (nSPS) is 21.7. The first-order chi connectivity index (χ1) is 16.7. The van der Waals surface area contributed by atoms with E-state index < -0.39 is 30.6 Å². The van der Waals surface area contributed by atoms with E-state index in [0.29, 0.717) is 35.2 Å². The van der Waals surface area contributed by atoms with Gasteiger partial charge in [0, 0.05) is 31.2 Å². The fourth-order valence-corrected chi connectivity index (χ4v) is 5.20. The summed E-state index contributed by atoms with van der Waals surface area (Å²) in [5, 5.41) is 3.37. The van der Waals surface area contributed by atoms with Gasteiger partial charge in [0.1, 0.15) is 0 Å². The van der Waals surface area contributed by atoms with E-state index in [4.69, 9.17) is 4.42 Å². The summed E-state index contributed by atoms with van der Waals surface area (Å²) in [4.78, 5) is 22.5. The smallest absolute Gasteiger partial charge is 0.408 e. The predicted octanol–water partition coefficient (Wildman–Crippen LogP) is 3.87. The SMILES string of the molecule is C[C@@H]1Cc2c(ccc3[nH]c(=O)oc23)[C@@H](c2ccc(NC3CN(CCCF)C3)cn2)N1CC(F)(F)F. The highest BCUT2D eigenvalue weighted by Crippen LogP contribution is 2.41. The Morgan fingerprint density at radius 1 is 1.23 bits per heavy atom. The summed E-state index contributed by atoms with van der Waals surface area (Å²) in [7, 11) is 0. The van der Waals surface area contributed by atoms with Crippen LogP contribution in [-0.2, 0) is 6.42 Å². The third kappa shape index (κ3) is 4.92. The molecule has 1 fully saturated rings. The zero-order chi connectivity index (χ0) is 24.7. The Hall–Kier alpha value is -2.92. The molecule has 1 aromatic carbocycles. The summed E-state index contributed by atoms with van der Waals surface area (Å²) in [6.07, 6.45) is -1.90. The van der Waals surface area contributed by atoms with Crippen molar-refractivity contribution in [2.45, 2.75) is 44.1 Å². The number of benzene rings is 1. The lowest BCUT2D eigenvalue weighted by Gasteiger charge is -2.42. The number of fused-ring (bicyclic) bond motifs is 3. The summed E-state index contributed by atoms with van der Waals surface area (Å²) in [6.45, 7) is 2.70. The number of pyridine rings is 1. The Balaban J connectivity index is 1.43. The topological polar surface area (TPSA) is 77.4 Å². The number of nitrogens with one attached hydrogen (secondary N) is 2. The summed E-state index contributed by atoms with van der Waals surface area (Å²) in [5.41, 5.74) is 3.56. The molecular formula is C24H27F4N5O2. The van der Waals surface area contributed by atoms with Gasteiger partial charge in [-0.25, -0.2) is 4.79 Å². The van der Waals surface area contributed by atoms with Crippen LogP contribution in [0.1, 0.15) is 36.2 Å². The molecule has 11 heteroatoms. The van der Waals surface area contributed by atoms with Crippen molar-refractivity contribution >= 4 is 16.8 Å². The molecule has 2 atom stereocenters. The van der Waals surface area contributed by atoms with Crippen molar-refractivity contribution in [2.75, 3.05) is 38.2 Å². The number of aromatic nitrogens is 2. The number of anilines is 1. The van der Waals surface area contributed by atoms with Gasteiger partial charge >= 0.3 is 11.9 Å². The van der Waals surface area contributed by atoms with Crippen LogP contribution in [-0.4, -0.2) is 70.9 Å². The zero-order valence-corrected chi connectivity index (χ0v) is 19.2. The lowest BCUT2D eigenvalue weighted by atomic mass is 9.86. The quantitative estimate of drug-likeness (QED) is 0.487. The number of hydrogen-bond acceptors (Lipinski definition) is 6. The number of H-pyrrole nitrogens is 1. The van der Waals surface area contributed by atoms with Crippen molar-refractivity contribution < 1.29 is 22.0 Å². The molecule has 4 heterocycles. The summed E-state index contributed by atoms with van der Waals surface area (Å²) in [5.74, 6) is -0.594. The Morgan fingerprint density at radius 3 is 2.71 bits per heavy atom. The van der Waals surface area contributed by atoms with Crippen molar-refractivity contribution in [3.63, 3.8) is 0 Å². The predicted molar refractivity (Wildman–Crippen MR) is 123 cm³/mol. The van der Waals surface area contributed by atoms with E-state index >= 15 is 0 Å². The second kappa shape index (κ2) is 9.27. The van der Waals surface area contributed by atoms with Crippen molar-refractivity contribution in [3.8, 4) is 0 Å². The Morgan fingerprint density at radius 2 is 2.03 bits per heavy atom. The molecule has 2 aromatic heterocycles. The number of alkyl halides is 4. The van der Waals surface area contributed by atoms with Crippen LogP contribution in [0.4, 0.5) is 23.2 Å². The molecule has 2 N–H and O–H groups in total. The van der Waals surface area contributed by atoms with Gasteiger partial charge in [0.15, 0.2) is 5.58 Å². The molecule has 0 saturated carbocycles. The number of oxazole rings is 1. The van der Waals surface area contributed by atoms with Crippen molar-refractivity contribution in [1.29, 1.82) is 0 Å². The van der Waals surface area contributed by atoms with Crippen LogP contribution >= 0.6 is 0 Å². The minimum Gasteiger partial charge on any atom is -0.408 e. The Bertz CT molecular complexity index is 1230. The first-order valence-corrected chi connectivity index (χ1v) is 11.7. The minimum absolute atomic E-state index is 0.226. The highest BCUT2D eigenvalue weighted by Gasteiger charge is 2.42. The summed E-state index contributed by atoms with van der Waals surface area (Å²) >= 11 is 0. The van der Waals surface area contributed by atoms with Gasteiger partial charge in [-0.15, -0.1) is 0 Å². The van der Waals surface area contributed by atoms with Crippen LogP contribution in [0.2, 0.25) is 0 Å². The van der Waals surface area contributed by atoms with E-state index in [-0.39, 0.29) is 12.7 Å². The average Bonchev–Trinajstić information content (AvgIpc) is 3.16. The molecule has 2 aliphatic heterocycles. The van der Waals surface area contributed by atoms with Crippen LogP contribution < -0.4 is 11.1 Å². The molecule has 188 valence electrons. The van der Waals surface area contributed by atoms with E-state index in [1.165, 1.54) is 4.90 Å². The van der Waals surface area contributed by atoms with Gasteiger partial charge < -0.3 is 9.73 Å². The molecule has 3 aromatic rings. The van der Waals surface area contributed by atoms with Crippen LogP contribution in [0.3, 0.4) is 0 Å². The monoisotopic (exact) mass is 493 g/mol. The number of halogens is 4. The third-order valence-electron chi connectivity index (χ3n) is 6.78. The molecule has 5 rings (SSSR count). The minimum atomic E-state index is -4.38. The lowest BCUT2D eigenvalue weighted by molar-refractivity contribution is -0.155. The van der Waals surface area contributed by atoms with Gasteiger partial charge in [-0.1, -0.05) is 6.07 Å². The number of aromatic amines is 1. The van der Waals surface area contributed by atoms with Gasteiger partial charge in [-0.2, -0.15) is 13.2 Å². The highest BCUT2D eigenvalue weighted by atomic mass is 19.4. The molecular weight excluding hydrogens is 466 g/mol. The van der Waals surface area contributed by atoms with Crippen LogP contribution in [0.15, 0.2) is 39.7 Å². The molecule has 0 radical (unpaired) electrons. The standard InChI is InChI=1S/C24H27F4N5O2/c1-14-9-18-17(4-6-20-22(18)35-23(34)31-20)21(33(14)13-24(26,27)28)19-5-3-15(10-29-19)30-16-11-32(12-16)8-2-7-25/h3-6,10,14,16,21,30H,2,7-9,11-13H2,1H3,(H,31,34)/t14-,21+/m1/s1. The fourth-order valence-electron chi connectivity index (χ4n) is 5.20. The zero-order valence-electron chi connectivity index (χ0n) is 19.2. The lowest BCUT2D eigenvalue weighted by Crippen LogP contribution is -2.54. The number of likely N-dealkylation sites (tertiary alicyclic amines) is 1. The van der Waals surface area contributed by atoms with Gasteiger partial charge in [-0.05, 0) is 43.5 Å². The maximum atomic E-state index is 13.5. The number of nitrogens with zero attached hydrogens (tertiary/aromatic N) is 3. The largest absolute Gasteiger partial charge is 0.417 e. The molecule has 7 nitrogen and oxygen atoms in total. The maximum absolute atomic E-state index is 13.5. The first kappa shape index (κ1) is 23.8. The maximum Gasteiger partial charge on any atom is 0.417 e. The number of hydrogen-bond donors (Lipinski definition) is 2. The van der Waals surface area contributed by atoms with Crippen molar-refractivity contribution in [2.24, 2.45) is 0 Å². The average molecular weight is 494 g/mol. The summed E-state index contributed by atoms with van der Waals surface area (Å²) in [6, 6.07) is 6.01. The molecule has 0 spiro atoms. The van der Waals surface area contributed by atoms with Crippen molar-refractivity contribution in [3.05, 3.63) is 57.8 Å². The van der Waals surface area contributed by atoms with Gasteiger partial charge in [0.25, 0.3) is 0 Å². The van der Waals surface area contributed by atoms with E-state index in [0.717, 1.165) is 30.9 Å². The van der Waals surface area contributed by atoms with Crippen LogP contribution in [0.5, 0.6) is 0 Å². The molecule has 0 unspecified atom stereocenters. The van der Waals surface area contributed by atoms with Crippen molar-refractivity contribution in [1.82, 2.24) is 19.8 Å². The van der Waals surface area contributed by atoms with E-state index in [1.54, 1.807) is 31.3 Å². The van der Waals surface area contributed by atoms with E-state index in [9.17, 15) is 22.4 Å².